The lowest BCUT2D eigenvalue weighted by molar-refractivity contribution is 0.624. The number of aliphatic imine (C=N–C) groups is 1. The van der Waals surface area contributed by atoms with E-state index in [9.17, 15) is 0 Å². The molecule has 110 valence electrons. The molecule has 0 saturated carbocycles. The summed E-state index contributed by atoms with van der Waals surface area (Å²) < 4.78 is 0. The average Bonchev–Trinajstić information content (AvgIpc) is 2.52. The maximum Gasteiger partial charge on any atom is 0.165 e. The van der Waals surface area contributed by atoms with E-state index in [2.05, 4.69) is 35.1 Å². The fraction of sp³-hybridized carbons (Fsp3) is 0.167. The molecule has 4 nitrogen and oxygen atoms in total. The molecular weight excluding hydrogens is 272 g/mol. The summed E-state index contributed by atoms with van der Waals surface area (Å²) >= 11 is 0. The first-order chi connectivity index (χ1) is 10.6. The van der Waals surface area contributed by atoms with Gasteiger partial charge in [0.05, 0.1) is 5.52 Å². The van der Waals surface area contributed by atoms with Gasteiger partial charge in [-0.15, -0.1) is 0 Å². The van der Waals surface area contributed by atoms with Crippen molar-refractivity contribution in [2.24, 2.45) is 4.99 Å². The third kappa shape index (κ3) is 2.81. The van der Waals surface area contributed by atoms with Gasteiger partial charge in [0.15, 0.2) is 5.82 Å². The normalized spacial score (nSPS) is 11.7. The monoisotopic (exact) mass is 290 g/mol. The first-order valence-electron chi connectivity index (χ1n) is 7.18. The molecule has 1 heterocycles. The summed E-state index contributed by atoms with van der Waals surface area (Å²) in [4.78, 5) is 15.4. The van der Waals surface area contributed by atoms with E-state index < -0.39 is 0 Å². The Hall–Kier alpha value is -2.75. The molecule has 0 aliphatic carbocycles. The second-order valence-corrected chi connectivity index (χ2v) is 5.41. The molecule has 0 amide bonds. The van der Waals surface area contributed by atoms with Gasteiger partial charge in [-0.05, 0) is 25.1 Å². The van der Waals surface area contributed by atoms with Crippen LogP contribution in [-0.4, -0.2) is 34.8 Å². The van der Waals surface area contributed by atoms with E-state index >= 15 is 0 Å². The van der Waals surface area contributed by atoms with Gasteiger partial charge in [0.25, 0.3) is 0 Å². The van der Waals surface area contributed by atoms with E-state index in [0.29, 0.717) is 5.82 Å². The van der Waals surface area contributed by atoms with Crippen molar-refractivity contribution in [2.75, 3.05) is 14.1 Å². The molecule has 0 bridgehead atoms. The van der Waals surface area contributed by atoms with Crippen LogP contribution in [0.5, 0.6) is 0 Å². The van der Waals surface area contributed by atoms with Crippen LogP contribution in [0.3, 0.4) is 0 Å². The number of nitrogens with zero attached hydrogens (tertiary/aromatic N) is 4. The fourth-order valence-corrected chi connectivity index (χ4v) is 2.39. The predicted octanol–water partition coefficient (Wildman–Crippen LogP) is 3.58. The Balaban J connectivity index is 2.17. The third-order valence-electron chi connectivity index (χ3n) is 3.43. The minimum absolute atomic E-state index is 0.691. The van der Waals surface area contributed by atoms with E-state index in [1.165, 1.54) is 5.56 Å². The summed E-state index contributed by atoms with van der Waals surface area (Å²) in [6.45, 7) is 2.08. The zero-order chi connectivity index (χ0) is 15.5. The molecule has 0 N–H and O–H groups in total. The van der Waals surface area contributed by atoms with E-state index in [-0.39, 0.29) is 0 Å². The minimum atomic E-state index is 0.691. The highest BCUT2D eigenvalue weighted by molar-refractivity contribution is 6.02. The predicted molar refractivity (Wildman–Crippen MR) is 90.6 cm³/mol. The standard InChI is InChI=1S/C18H18N4/c1-13-7-6-8-14(11-13)18(22(2)3)21-17-15-9-4-5-10-16(15)19-12-20-17/h4-12H,1-3H3. The van der Waals surface area contributed by atoms with Crippen LogP contribution in [0.4, 0.5) is 5.82 Å². The van der Waals surface area contributed by atoms with Crippen LogP contribution >= 0.6 is 0 Å². The summed E-state index contributed by atoms with van der Waals surface area (Å²) in [6, 6.07) is 16.2. The molecule has 0 aliphatic rings. The van der Waals surface area contributed by atoms with E-state index in [0.717, 1.165) is 22.3 Å². The van der Waals surface area contributed by atoms with Crippen molar-refractivity contribution in [2.45, 2.75) is 6.92 Å². The van der Waals surface area contributed by atoms with Crippen LogP contribution in [-0.2, 0) is 0 Å². The molecule has 0 unspecified atom stereocenters. The van der Waals surface area contributed by atoms with Crippen molar-refractivity contribution >= 4 is 22.6 Å². The Kier molecular flexibility index (Phi) is 3.83. The molecule has 4 heteroatoms. The Morgan fingerprint density at radius 2 is 1.82 bits per heavy atom. The number of rotatable bonds is 2. The highest BCUT2D eigenvalue weighted by Crippen LogP contribution is 2.22. The number of hydrogen-bond donors (Lipinski definition) is 0. The average molecular weight is 290 g/mol. The number of benzene rings is 2. The van der Waals surface area contributed by atoms with Crippen LogP contribution in [0.25, 0.3) is 10.9 Å². The third-order valence-corrected chi connectivity index (χ3v) is 3.43. The van der Waals surface area contributed by atoms with Gasteiger partial charge in [0, 0.05) is 25.0 Å². The molecule has 2 aromatic carbocycles. The number of aromatic nitrogens is 2. The Bertz CT molecular complexity index is 832. The number of hydrogen-bond acceptors (Lipinski definition) is 3. The van der Waals surface area contributed by atoms with Crippen molar-refractivity contribution in [3.05, 3.63) is 66.0 Å². The molecular formula is C18H18N4. The largest absolute Gasteiger partial charge is 0.362 e. The number of para-hydroxylation sites is 1. The van der Waals surface area contributed by atoms with Crippen molar-refractivity contribution in [3.8, 4) is 0 Å². The molecule has 0 saturated heterocycles. The zero-order valence-electron chi connectivity index (χ0n) is 13.0. The van der Waals surface area contributed by atoms with Gasteiger partial charge >= 0.3 is 0 Å². The molecule has 0 atom stereocenters. The van der Waals surface area contributed by atoms with E-state index in [4.69, 9.17) is 4.99 Å². The summed E-state index contributed by atoms with van der Waals surface area (Å²) in [6.07, 6.45) is 1.56. The number of aryl methyl sites for hydroxylation is 1. The smallest absolute Gasteiger partial charge is 0.165 e. The highest BCUT2D eigenvalue weighted by Gasteiger charge is 2.09. The lowest BCUT2D eigenvalue weighted by atomic mass is 10.1. The number of fused-ring (bicyclic) bond motifs is 1. The van der Waals surface area contributed by atoms with Crippen molar-refractivity contribution in [1.82, 2.24) is 14.9 Å². The molecule has 0 spiro atoms. The van der Waals surface area contributed by atoms with Crippen molar-refractivity contribution in [3.63, 3.8) is 0 Å². The summed E-state index contributed by atoms with van der Waals surface area (Å²) in [5.41, 5.74) is 3.19. The van der Waals surface area contributed by atoms with Gasteiger partial charge in [0.2, 0.25) is 0 Å². The van der Waals surface area contributed by atoms with Gasteiger partial charge in [-0.3, -0.25) is 0 Å². The topological polar surface area (TPSA) is 41.4 Å². The molecule has 3 aromatic rings. The molecule has 1 aromatic heterocycles. The summed E-state index contributed by atoms with van der Waals surface area (Å²) in [5.74, 6) is 1.57. The van der Waals surface area contributed by atoms with E-state index in [1.54, 1.807) is 6.33 Å². The van der Waals surface area contributed by atoms with Crippen LogP contribution < -0.4 is 0 Å². The first-order valence-corrected chi connectivity index (χ1v) is 7.18. The number of amidine groups is 1. The lowest BCUT2D eigenvalue weighted by Gasteiger charge is -2.16. The molecule has 22 heavy (non-hydrogen) atoms. The molecule has 0 aliphatic heterocycles. The summed E-state index contributed by atoms with van der Waals surface area (Å²) in [7, 11) is 3.98. The second kappa shape index (κ2) is 5.93. The maximum absolute atomic E-state index is 4.79. The fourth-order valence-electron chi connectivity index (χ4n) is 2.39. The Morgan fingerprint density at radius 3 is 2.59 bits per heavy atom. The van der Waals surface area contributed by atoms with Gasteiger partial charge < -0.3 is 4.90 Å². The molecule has 3 rings (SSSR count). The van der Waals surface area contributed by atoms with Gasteiger partial charge in [0.1, 0.15) is 12.2 Å². The van der Waals surface area contributed by atoms with Crippen LogP contribution in [0.15, 0.2) is 59.9 Å². The lowest BCUT2D eigenvalue weighted by Crippen LogP contribution is -2.23. The minimum Gasteiger partial charge on any atom is -0.362 e. The van der Waals surface area contributed by atoms with Gasteiger partial charge in [-0.1, -0.05) is 35.9 Å². The Labute approximate surface area is 130 Å². The second-order valence-electron chi connectivity index (χ2n) is 5.41. The summed E-state index contributed by atoms with van der Waals surface area (Å²) in [5, 5.41) is 0.956. The Morgan fingerprint density at radius 1 is 1.00 bits per heavy atom. The molecule has 0 fully saturated rings. The van der Waals surface area contributed by atoms with Crippen molar-refractivity contribution in [1.29, 1.82) is 0 Å². The first kappa shape index (κ1) is 14.2. The van der Waals surface area contributed by atoms with Gasteiger partial charge in [-0.2, -0.15) is 0 Å². The molecule has 0 radical (unpaired) electrons. The van der Waals surface area contributed by atoms with Crippen LogP contribution in [0, 0.1) is 6.92 Å². The quantitative estimate of drug-likeness (QED) is 0.535. The van der Waals surface area contributed by atoms with Crippen molar-refractivity contribution < 1.29 is 0 Å². The van der Waals surface area contributed by atoms with Crippen LogP contribution in [0.1, 0.15) is 11.1 Å². The zero-order valence-corrected chi connectivity index (χ0v) is 13.0. The van der Waals surface area contributed by atoms with Gasteiger partial charge in [-0.25, -0.2) is 15.0 Å². The van der Waals surface area contributed by atoms with E-state index in [1.807, 2.05) is 49.3 Å². The maximum atomic E-state index is 4.79. The SMILES string of the molecule is Cc1cccc(C(=Nc2ncnc3ccccc23)N(C)C)c1. The highest BCUT2D eigenvalue weighted by atomic mass is 15.2. The van der Waals surface area contributed by atoms with Crippen LogP contribution in [0.2, 0.25) is 0 Å².